The first-order chi connectivity index (χ1) is 13.5. The molecule has 6 nitrogen and oxygen atoms in total. The van der Waals surface area contributed by atoms with Crippen LogP contribution in [0.25, 0.3) is 0 Å². The second-order valence-electron chi connectivity index (χ2n) is 6.79. The number of carbonyl (C=O) groups excluding carboxylic acids is 3. The fourth-order valence-corrected chi connectivity index (χ4v) is 3.27. The molecule has 0 saturated heterocycles. The van der Waals surface area contributed by atoms with E-state index in [4.69, 9.17) is 4.74 Å². The van der Waals surface area contributed by atoms with Crippen LogP contribution in [0.15, 0.2) is 48.5 Å². The van der Waals surface area contributed by atoms with E-state index in [0.29, 0.717) is 30.5 Å². The van der Waals surface area contributed by atoms with Crippen molar-refractivity contribution in [3.8, 4) is 0 Å². The van der Waals surface area contributed by atoms with Gasteiger partial charge in [0, 0.05) is 32.0 Å². The third-order valence-electron chi connectivity index (χ3n) is 4.85. The van der Waals surface area contributed by atoms with Crippen molar-refractivity contribution < 1.29 is 23.9 Å². The first kappa shape index (κ1) is 19.6. The molecule has 0 spiro atoms. The molecule has 0 unspecified atom stereocenters. The Hall–Kier alpha value is -3.15. The van der Waals surface area contributed by atoms with Gasteiger partial charge in [-0.2, -0.15) is 0 Å². The van der Waals surface area contributed by atoms with E-state index in [-0.39, 0.29) is 30.4 Å². The number of amides is 1. The molecule has 1 aliphatic rings. The Morgan fingerprint density at radius 1 is 1.18 bits per heavy atom. The zero-order valence-corrected chi connectivity index (χ0v) is 16.0. The van der Waals surface area contributed by atoms with Crippen LogP contribution >= 0.6 is 0 Å². The van der Waals surface area contributed by atoms with Gasteiger partial charge in [-0.1, -0.05) is 30.3 Å². The number of hydrogen-bond donors (Lipinski definition) is 0. The summed E-state index contributed by atoms with van der Waals surface area (Å²) >= 11 is 0. The fraction of sp³-hybridized carbons (Fsp3) is 0.318. The quantitative estimate of drug-likeness (QED) is 0.719. The Morgan fingerprint density at radius 2 is 1.93 bits per heavy atom. The number of carbonyl (C=O) groups is 3. The molecule has 2 aromatic carbocycles. The third kappa shape index (κ3) is 4.39. The van der Waals surface area contributed by atoms with Crippen LogP contribution in [0.1, 0.15) is 50.8 Å². The first-order valence-electron chi connectivity index (χ1n) is 9.20. The van der Waals surface area contributed by atoms with Gasteiger partial charge in [-0.25, -0.2) is 4.79 Å². The van der Waals surface area contributed by atoms with E-state index >= 15 is 0 Å². The third-order valence-corrected chi connectivity index (χ3v) is 4.85. The number of fused-ring (bicyclic) bond motifs is 1. The Morgan fingerprint density at radius 3 is 2.64 bits per heavy atom. The zero-order chi connectivity index (χ0) is 20.1. The van der Waals surface area contributed by atoms with E-state index in [1.165, 1.54) is 7.11 Å². The van der Waals surface area contributed by atoms with Crippen molar-refractivity contribution in [3.05, 3.63) is 70.8 Å². The maximum Gasteiger partial charge on any atom is 0.339 e. The average Bonchev–Trinajstić information content (AvgIpc) is 2.73. The van der Waals surface area contributed by atoms with Gasteiger partial charge in [0.25, 0.3) is 5.91 Å². The Labute approximate surface area is 164 Å². The lowest BCUT2D eigenvalue weighted by Crippen LogP contribution is -2.29. The van der Waals surface area contributed by atoms with Crippen LogP contribution in [0.5, 0.6) is 0 Å². The van der Waals surface area contributed by atoms with Crippen LogP contribution < -0.4 is 0 Å². The molecule has 3 rings (SSSR count). The van der Waals surface area contributed by atoms with Crippen LogP contribution in [0.3, 0.4) is 0 Å². The van der Waals surface area contributed by atoms with Crippen LogP contribution in [-0.4, -0.2) is 43.4 Å². The van der Waals surface area contributed by atoms with Crippen LogP contribution in [0.4, 0.5) is 0 Å². The highest BCUT2D eigenvalue weighted by molar-refractivity contribution is 5.97. The normalized spacial score (nSPS) is 15.4. The lowest BCUT2D eigenvalue weighted by atomic mass is 9.93. The molecule has 146 valence electrons. The van der Waals surface area contributed by atoms with Gasteiger partial charge in [-0.05, 0) is 35.7 Å². The maximum absolute atomic E-state index is 12.7. The van der Waals surface area contributed by atoms with Crippen LogP contribution in [-0.2, 0) is 20.7 Å². The number of ether oxygens (including phenoxy) is 2. The Kier molecular flexibility index (Phi) is 6.09. The van der Waals surface area contributed by atoms with E-state index in [9.17, 15) is 14.4 Å². The standard InChI is InChI=1S/C22H23NO5/c1-23(12-6-9-20(24)27-2)21(25)16-10-11-18-17(13-16)14-19(28-22(18)26)15-7-4-3-5-8-15/h3-5,7-8,10-11,13,19H,6,9,12,14H2,1-2H3/t19-/m0/s1. The van der Waals surface area contributed by atoms with Crippen molar-refractivity contribution >= 4 is 17.8 Å². The minimum Gasteiger partial charge on any atom is -0.469 e. The van der Waals surface area contributed by atoms with Crippen molar-refractivity contribution in [2.75, 3.05) is 20.7 Å². The number of cyclic esters (lactones) is 1. The monoisotopic (exact) mass is 381 g/mol. The summed E-state index contributed by atoms with van der Waals surface area (Å²) in [5.74, 6) is -0.816. The van der Waals surface area contributed by atoms with Crippen molar-refractivity contribution in [3.63, 3.8) is 0 Å². The molecule has 28 heavy (non-hydrogen) atoms. The van der Waals surface area contributed by atoms with Crippen LogP contribution in [0, 0.1) is 0 Å². The summed E-state index contributed by atoms with van der Waals surface area (Å²) < 4.78 is 10.2. The number of methoxy groups -OCH3 is 1. The number of esters is 2. The molecule has 1 heterocycles. The lowest BCUT2D eigenvalue weighted by Gasteiger charge is -2.26. The number of hydrogen-bond acceptors (Lipinski definition) is 5. The predicted molar refractivity (Wildman–Crippen MR) is 103 cm³/mol. The fourth-order valence-electron chi connectivity index (χ4n) is 3.27. The molecule has 1 amide bonds. The smallest absolute Gasteiger partial charge is 0.339 e. The minimum atomic E-state index is -0.375. The average molecular weight is 381 g/mol. The Bertz CT molecular complexity index is 878. The molecule has 1 aliphatic heterocycles. The summed E-state index contributed by atoms with van der Waals surface area (Å²) in [7, 11) is 3.04. The molecule has 0 saturated carbocycles. The topological polar surface area (TPSA) is 72.9 Å². The summed E-state index contributed by atoms with van der Waals surface area (Å²) in [4.78, 5) is 37.8. The molecule has 0 radical (unpaired) electrons. The second-order valence-corrected chi connectivity index (χ2v) is 6.79. The molecule has 0 fully saturated rings. The van der Waals surface area contributed by atoms with Gasteiger partial charge < -0.3 is 14.4 Å². The number of rotatable bonds is 6. The molecule has 0 bridgehead atoms. The van der Waals surface area contributed by atoms with Gasteiger partial charge in [0.2, 0.25) is 0 Å². The second kappa shape index (κ2) is 8.69. The molecular weight excluding hydrogens is 358 g/mol. The SMILES string of the molecule is COC(=O)CCCN(C)C(=O)c1ccc2c(c1)C[C@@H](c1ccccc1)OC2=O. The van der Waals surface area contributed by atoms with Crippen molar-refractivity contribution in [2.45, 2.75) is 25.4 Å². The maximum atomic E-state index is 12.7. The summed E-state index contributed by atoms with van der Waals surface area (Å²) in [6, 6.07) is 14.6. The highest BCUT2D eigenvalue weighted by Crippen LogP contribution is 2.31. The molecule has 0 aromatic heterocycles. The largest absolute Gasteiger partial charge is 0.469 e. The van der Waals surface area contributed by atoms with Crippen molar-refractivity contribution in [2.24, 2.45) is 0 Å². The lowest BCUT2D eigenvalue weighted by molar-refractivity contribution is -0.140. The molecular formula is C22H23NO5. The number of nitrogens with zero attached hydrogens (tertiary/aromatic N) is 1. The van der Waals surface area contributed by atoms with Gasteiger partial charge >= 0.3 is 11.9 Å². The van der Waals surface area contributed by atoms with E-state index in [0.717, 1.165) is 11.1 Å². The summed E-state index contributed by atoms with van der Waals surface area (Å²) in [6.07, 6.45) is 0.966. The summed E-state index contributed by atoms with van der Waals surface area (Å²) in [6.45, 7) is 0.444. The van der Waals surface area contributed by atoms with E-state index in [2.05, 4.69) is 4.74 Å². The Balaban J connectivity index is 1.72. The zero-order valence-electron chi connectivity index (χ0n) is 16.0. The van der Waals surface area contributed by atoms with Crippen molar-refractivity contribution in [1.82, 2.24) is 4.90 Å². The molecule has 0 N–H and O–H groups in total. The molecule has 6 heteroatoms. The van der Waals surface area contributed by atoms with Crippen LogP contribution in [0.2, 0.25) is 0 Å². The molecule has 2 aromatic rings. The number of benzene rings is 2. The van der Waals surface area contributed by atoms with E-state index in [1.54, 1.807) is 30.1 Å². The summed E-state index contributed by atoms with van der Waals surface area (Å²) in [5.41, 5.74) is 2.75. The highest BCUT2D eigenvalue weighted by Gasteiger charge is 2.28. The van der Waals surface area contributed by atoms with Gasteiger partial charge in [0.1, 0.15) is 6.10 Å². The molecule has 0 aliphatic carbocycles. The van der Waals surface area contributed by atoms with E-state index < -0.39 is 0 Å². The van der Waals surface area contributed by atoms with E-state index in [1.807, 2.05) is 30.3 Å². The molecule has 1 atom stereocenters. The van der Waals surface area contributed by atoms with Crippen molar-refractivity contribution in [1.29, 1.82) is 0 Å². The highest BCUT2D eigenvalue weighted by atomic mass is 16.5. The minimum absolute atomic E-state index is 0.150. The van der Waals surface area contributed by atoms with Gasteiger partial charge in [0.15, 0.2) is 0 Å². The van der Waals surface area contributed by atoms with Gasteiger partial charge in [-0.3, -0.25) is 9.59 Å². The van der Waals surface area contributed by atoms with Gasteiger partial charge in [0.05, 0.1) is 12.7 Å². The predicted octanol–water partition coefficient (Wildman–Crippen LogP) is 3.17. The first-order valence-corrected chi connectivity index (χ1v) is 9.20. The van der Waals surface area contributed by atoms with Gasteiger partial charge in [-0.15, -0.1) is 0 Å². The summed E-state index contributed by atoms with van der Waals surface area (Å²) in [5, 5.41) is 0.